The lowest BCUT2D eigenvalue weighted by atomic mass is 9.96. The van der Waals surface area contributed by atoms with Gasteiger partial charge in [-0.2, -0.15) is 0 Å². The summed E-state index contributed by atoms with van der Waals surface area (Å²) in [6.45, 7) is 4.29. The van der Waals surface area contributed by atoms with Crippen LogP contribution in [-0.4, -0.2) is 0 Å². The van der Waals surface area contributed by atoms with Crippen LogP contribution in [0.15, 0.2) is 66.7 Å². The lowest BCUT2D eigenvalue weighted by Gasteiger charge is -2.09. The number of anilines is 1. The largest absolute Gasteiger partial charge is 0.399 e. The van der Waals surface area contributed by atoms with Crippen LogP contribution in [0, 0.1) is 13.8 Å². The first-order valence-corrected chi connectivity index (χ1v) is 7.62. The van der Waals surface area contributed by atoms with E-state index in [0.29, 0.717) is 0 Å². The molecule has 0 amide bonds. The Morgan fingerprint density at radius 2 is 1.41 bits per heavy atom. The van der Waals surface area contributed by atoms with Crippen molar-refractivity contribution in [3.8, 4) is 11.1 Å². The fourth-order valence-corrected chi connectivity index (χ4v) is 2.86. The number of nitrogens with two attached hydrogens (primary N) is 1. The summed E-state index contributed by atoms with van der Waals surface area (Å²) in [5.74, 6) is 0. The number of hydrogen-bond donors (Lipinski definition) is 1. The van der Waals surface area contributed by atoms with Crippen LogP contribution in [0.25, 0.3) is 11.1 Å². The Bertz CT molecular complexity index is 785. The fraction of sp³-hybridized carbons (Fsp3) is 0.143. The Hall–Kier alpha value is -2.54. The number of benzene rings is 3. The van der Waals surface area contributed by atoms with Crippen LogP contribution in [0.4, 0.5) is 5.69 Å². The zero-order valence-corrected chi connectivity index (χ0v) is 13.1. The molecule has 0 aliphatic carbocycles. The van der Waals surface area contributed by atoms with Crippen LogP contribution in [0.1, 0.15) is 22.3 Å². The van der Waals surface area contributed by atoms with Gasteiger partial charge in [-0.05, 0) is 54.7 Å². The van der Waals surface area contributed by atoms with Crippen LogP contribution in [0.3, 0.4) is 0 Å². The molecule has 0 aromatic heterocycles. The second kappa shape index (κ2) is 6.07. The van der Waals surface area contributed by atoms with E-state index in [9.17, 15) is 0 Å². The number of aryl methyl sites for hydroxylation is 2. The Morgan fingerprint density at radius 1 is 0.682 bits per heavy atom. The predicted molar refractivity (Wildman–Crippen MR) is 95.0 cm³/mol. The summed E-state index contributed by atoms with van der Waals surface area (Å²) < 4.78 is 0. The zero-order valence-electron chi connectivity index (χ0n) is 13.1. The van der Waals surface area contributed by atoms with Gasteiger partial charge in [-0.3, -0.25) is 0 Å². The molecule has 0 bridgehead atoms. The van der Waals surface area contributed by atoms with Crippen molar-refractivity contribution in [1.82, 2.24) is 0 Å². The smallest absolute Gasteiger partial charge is 0.0314 e. The molecule has 3 aromatic carbocycles. The van der Waals surface area contributed by atoms with Crippen molar-refractivity contribution >= 4 is 5.69 Å². The molecule has 1 heteroatoms. The predicted octanol–water partition coefficient (Wildman–Crippen LogP) is 5.14. The summed E-state index contributed by atoms with van der Waals surface area (Å²) in [5.41, 5.74) is 14.3. The van der Waals surface area contributed by atoms with E-state index in [1.54, 1.807) is 0 Å². The first-order chi connectivity index (χ1) is 10.6. The second-order valence-corrected chi connectivity index (χ2v) is 6.00. The molecular weight excluding hydrogens is 266 g/mol. The first kappa shape index (κ1) is 14.4. The highest BCUT2D eigenvalue weighted by molar-refractivity contribution is 5.67. The number of hydrogen-bond acceptors (Lipinski definition) is 1. The van der Waals surface area contributed by atoms with Crippen LogP contribution in [0.5, 0.6) is 0 Å². The highest BCUT2D eigenvalue weighted by Gasteiger charge is 2.03. The average Bonchev–Trinajstić information content (AvgIpc) is 2.47. The Morgan fingerprint density at radius 3 is 2.14 bits per heavy atom. The lowest BCUT2D eigenvalue weighted by Crippen LogP contribution is -1.92. The van der Waals surface area contributed by atoms with Gasteiger partial charge in [0.05, 0.1) is 0 Å². The monoisotopic (exact) mass is 287 g/mol. The van der Waals surface area contributed by atoms with Crippen molar-refractivity contribution in [2.45, 2.75) is 20.3 Å². The minimum Gasteiger partial charge on any atom is -0.399 e. The summed E-state index contributed by atoms with van der Waals surface area (Å²) in [6.07, 6.45) is 0.964. The fourth-order valence-electron chi connectivity index (χ4n) is 2.86. The summed E-state index contributed by atoms with van der Waals surface area (Å²) >= 11 is 0. The molecule has 0 unspecified atom stereocenters. The highest BCUT2D eigenvalue weighted by atomic mass is 14.5. The standard InChI is InChI=1S/C21H21N/c1-15-4-3-5-17(10-15)13-18-11-16(2)12-20(14-18)19-6-8-21(22)9-7-19/h3-12,14H,13,22H2,1-2H3. The van der Waals surface area contributed by atoms with E-state index in [0.717, 1.165) is 12.1 Å². The van der Waals surface area contributed by atoms with E-state index < -0.39 is 0 Å². The Labute approximate surface area is 132 Å². The van der Waals surface area contributed by atoms with Crippen molar-refractivity contribution < 1.29 is 0 Å². The van der Waals surface area contributed by atoms with Gasteiger partial charge in [0.1, 0.15) is 0 Å². The van der Waals surface area contributed by atoms with Crippen LogP contribution >= 0.6 is 0 Å². The third-order valence-electron chi connectivity index (χ3n) is 3.87. The zero-order chi connectivity index (χ0) is 15.5. The van der Waals surface area contributed by atoms with Crippen molar-refractivity contribution in [2.24, 2.45) is 0 Å². The van der Waals surface area contributed by atoms with E-state index in [-0.39, 0.29) is 0 Å². The molecule has 1 nitrogen and oxygen atoms in total. The Kier molecular flexibility index (Phi) is 3.97. The molecule has 22 heavy (non-hydrogen) atoms. The average molecular weight is 287 g/mol. The van der Waals surface area contributed by atoms with Gasteiger partial charge in [-0.15, -0.1) is 0 Å². The molecular formula is C21H21N. The molecule has 3 aromatic rings. The van der Waals surface area contributed by atoms with E-state index in [2.05, 4.69) is 68.4 Å². The lowest BCUT2D eigenvalue weighted by molar-refractivity contribution is 1.17. The van der Waals surface area contributed by atoms with Crippen molar-refractivity contribution in [3.05, 3.63) is 89.0 Å². The molecule has 0 spiro atoms. The first-order valence-electron chi connectivity index (χ1n) is 7.62. The van der Waals surface area contributed by atoms with Gasteiger partial charge < -0.3 is 5.73 Å². The van der Waals surface area contributed by atoms with Gasteiger partial charge in [-0.25, -0.2) is 0 Å². The molecule has 0 atom stereocenters. The second-order valence-electron chi connectivity index (χ2n) is 6.00. The molecule has 0 saturated heterocycles. The van der Waals surface area contributed by atoms with Crippen molar-refractivity contribution in [2.75, 3.05) is 5.73 Å². The third kappa shape index (κ3) is 3.37. The van der Waals surface area contributed by atoms with E-state index >= 15 is 0 Å². The van der Waals surface area contributed by atoms with Crippen molar-refractivity contribution in [1.29, 1.82) is 0 Å². The topological polar surface area (TPSA) is 26.0 Å². The highest BCUT2D eigenvalue weighted by Crippen LogP contribution is 2.24. The van der Waals surface area contributed by atoms with Gasteiger partial charge in [0, 0.05) is 5.69 Å². The maximum atomic E-state index is 5.78. The van der Waals surface area contributed by atoms with Crippen LogP contribution in [0.2, 0.25) is 0 Å². The van der Waals surface area contributed by atoms with Gasteiger partial charge in [0.25, 0.3) is 0 Å². The minimum absolute atomic E-state index is 0.802. The minimum atomic E-state index is 0.802. The van der Waals surface area contributed by atoms with Crippen LogP contribution in [-0.2, 0) is 6.42 Å². The summed E-state index contributed by atoms with van der Waals surface area (Å²) in [5, 5.41) is 0. The number of rotatable bonds is 3. The third-order valence-corrected chi connectivity index (χ3v) is 3.87. The summed E-state index contributed by atoms with van der Waals surface area (Å²) in [4.78, 5) is 0. The maximum Gasteiger partial charge on any atom is 0.0314 e. The number of nitrogen functional groups attached to an aromatic ring is 1. The van der Waals surface area contributed by atoms with E-state index in [4.69, 9.17) is 5.73 Å². The molecule has 2 N–H and O–H groups in total. The quantitative estimate of drug-likeness (QED) is 0.663. The molecule has 3 rings (SSSR count). The van der Waals surface area contributed by atoms with E-state index in [1.807, 2.05) is 12.1 Å². The van der Waals surface area contributed by atoms with Gasteiger partial charge >= 0.3 is 0 Å². The Balaban J connectivity index is 1.94. The summed E-state index contributed by atoms with van der Waals surface area (Å²) in [6, 6.07) is 23.6. The van der Waals surface area contributed by atoms with Gasteiger partial charge in [0.2, 0.25) is 0 Å². The van der Waals surface area contributed by atoms with Gasteiger partial charge in [0.15, 0.2) is 0 Å². The molecule has 0 aliphatic heterocycles. The van der Waals surface area contributed by atoms with Crippen LogP contribution < -0.4 is 5.73 Å². The van der Waals surface area contributed by atoms with Crippen molar-refractivity contribution in [3.63, 3.8) is 0 Å². The normalized spacial score (nSPS) is 10.6. The molecule has 0 radical (unpaired) electrons. The summed E-state index contributed by atoms with van der Waals surface area (Å²) in [7, 11) is 0. The van der Waals surface area contributed by atoms with E-state index in [1.165, 1.54) is 33.4 Å². The van der Waals surface area contributed by atoms with Gasteiger partial charge in [-0.1, -0.05) is 65.7 Å². The molecule has 0 aliphatic rings. The SMILES string of the molecule is Cc1cccc(Cc2cc(C)cc(-c3ccc(N)cc3)c2)c1. The molecule has 110 valence electrons. The molecule has 0 fully saturated rings. The molecule has 0 heterocycles. The maximum absolute atomic E-state index is 5.78. The molecule has 0 saturated carbocycles.